The van der Waals surface area contributed by atoms with Gasteiger partial charge in [0.15, 0.2) is 0 Å². The lowest BCUT2D eigenvalue weighted by Gasteiger charge is -2.35. The standard InChI is InChI=1S/C55H106N10O13/c1-38(2)42(63(33-21-27-58-48(71)75-52(7,8)9)34-22-28-59-49(72)76-53(10,11)12)45(68)56-25-19-31-65(44(40(5)6)47(70)62-37-41(66)67)32-20-26-57-46(69)43(39(3)4)64(35-23-29-60-50(73)77-54(13,14)15)36-24-30-61-51(74)78-55(16,17)18/h38-40,42-44H,19-37H2,1-18H3,(H,56,68)(H,57,69)(H,58,71)(H,59,72)(H,60,73)(H,61,74)(H,62,70)(H,66,67)/t42-,43-,44-/m0/s1. The number of ether oxygens (including phenoxy) is 4. The van der Waals surface area contributed by atoms with E-state index in [2.05, 4.69) is 37.2 Å². The molecule has 3 atom stereocenters. The summed E-state index contributed by atoms with van der Waals surface area (Å²) in [4.78, 5) is 109. The highest BCUT2D eigenvalue weighted by molar-refractivity contribution is 5.85. The summed E-state index contributed by atoms with van der Waals surface area (Å²) < 4.78 is 21.5. The van der Waals surface area contributed by atoms with Gasteiger partial charge in [-0.15, -0.1) is 0 Å². The Bertz CT molecular complexity index is 1640. The lowest BCUT2D eigenvalue weighted by Crippen LogP contribution is -2.53. The van der Waals surface area contributed by atoms with E-state index in [0.29, 0.717) is 104 Å². The van der Waals surface area contributed by atoms with Crippen LogP contribution in [0.15, 0.2) is 0 Å². The molecule has 0 bridgehead atoms. The van der Waals surface area contributed by atoms with Crippen molar-refractivity contribution in [2.24, 2.45) is 17.8 Å². The molecule has 0 aromatic carbocycles. The Morgan fingerprint density at radius 3 is 0.718 bits per heavy atom. The summed E-state index contributed by atoms with van der Waals surface area (Å²) >= 11 is 0. The summed E-state index contributed by atoms with van der Waals surface area (Å²) in [5.41, 5.74) is -2.63. The number of aliphatic carboxylic acids is 1. The fourth-order valence-corrected chi connectivity index (χ4v) is 8.45. The van der Waals surface area contributed by atoms with Crippen LogP contribution in [0.5, 0.6) is 0 Å². The normalized spacial score (nSPS) is 13.4. The van der Waals surface area contributed by atoms with Crippen LogP contribution in [-0.4, -0.2) is 193 Å². The largest absolute Gasteiger partial charge is 0.480 e. The first-order chi connectivity index (χ1) is 35.9. The molecule has 0 aliphatic rings. The number of alkyl carbamates (subject to hydrolysis) is 4. The van der Waals surface area contributed by atoms with Gasteiger partial charge >= 0.3 is 30.3 Å². The van der Waals surface area contributed by atoms with E-state index in [1.165, 1.54) is 0 Å². The number of nitrogens with one attached hydrogen (secondary N) is 7. The number of nitrogens with zero attached hydrogens (tertiary/aromatic N) is 3. The van der Waals surface area contributed by atoms with Crippen LogP contribution in [0.3, 0.4) is 0 Å². The highest BCUT2D eigenvalue weighted by Crippen LogP contribution is 2.18. The third kappa shape index (κ3) is 36.1. The van der Waals surface area contributed by atoms with Gasteiger partial charge in [0.2, 0.25) is 17.7 Å². The van der Waals surface area contributed by atoms with E-state index >= 15 is 0 Å². The predicted octanol–water partition coefficient (Wildman–Crippen LogP) is 5.84. The van der Waals surface area contributed by atoms with Gasteiger partial charge in [-0.25, -0.2) is 19.2 Å². The van der Waals surface area contributed by atoms with Gasteiger partial charge in [-0.05, 0) is 139 Å². The summed E-state index contributed by atoms with van der Waals surface area (Å²) in [5, 5.41) is 29.3. The lowest BCUT2D eigenvalue weighted by molar-refractivity contribution is -0.139. The SMILES string of the molecule is CC(C)[C@@H](C(=O)NCCCN(CCCNC(=O)[C@H](C(C)C)N(CCCNC(=O)OC(C)(C)C)CCCNC(=O)OC(C)(C)C)[C@H](C(=O)NCC(=O)O)C(C)C)N(CCCNC(=O)OC(C)(C)C)CCCNC(=O)OC(C)(C)C. The zero-order valence-electron chi connectivity index (χ0n) is 51.1. The molecule has 0 aliphatic carbocycles. The molecule has 78 heavy (non-hydrogen) atoms. The molecule has 8 N–H and O–H groups in total. The average Bonchev–Trinajstić information content (AvgIpc) is 3.25. The van der Waals surface area contributed by atoms with Crippen LogP contribution in [-0.2, 0) is 38.1 Å². The second-order valence-electron chi connectivity index (χ2n) is 24.7. The molecule has 454 valence electrons. The number of rotatable bonds is 35. The van der Waals surface area contributed by atoms with Gasteiger partial charge in [-0.3, -0.25) is 33.9 Å². The molecule has 23 heteroatoms. The van der Waals surface area contributed by atoms with Crippen LogP contribution in [0.25, 0.3) is 0 Å². The van der Waals surface area contributed by atoms with Crippen molar-refractivity contribution in [3.05, 3.63) is 0 Å². The molecule has 0 fully saturated rings. The van der Waals surface area contributed by atoms with Crippen molar-refractivity contribution >= 4 is 48.1 Å². The van der Waals surface area contributed by atoms with E-state index in [0.717, 1.165) is 0 Å². The molecule has 23 nitrogen and oxygen atoms in total. The third-order valence-corrected chi connectivity index (χ3v) is 11.3. The van der Waals surface area contributed by atoms with Gasteiger partial charge in [0.1, 0.15) is 28.9 Å². The van der Waals surface area contributed by atoms with Gasteiger partial charge in [-0.1, -0.05) is 41.5 Å². The van der Waals surface area contributed by atoms with Crippen LogP contribution in [0.1, 0.15) is 163 Å². The van der Waals surface area contributed by atoms with E-state index in [4.69, 9.17) is 18.9 Å². The zero-order valence-corrected chi connectivity index (χ0v) is 51.1. The molecule has 0 aromatic rings. The number of carboxylic acids is 1. The topological polar surface area (TPSA) is 288 Å². The minimum Gasteiger partial charge on any atom is -0.480 e. The fraction of sp³-hybridized carbons (Fsp3) is 0.855. The molecule has 0 aromatic heterocycles. The average molecular weight is 1120 g/mol. The number of carboxylic acid groups (broad SMARTS) is 1. The molecule has 0 heterocycles. The van der Waals surface area contributed by atoms with Crippen molar-refractivity contribution in [3.63, 3.8) is 0 Å². The van der Waals surface area contributed by atoms with Crippen LogP contribution in [0.2, 0.25) is 0 Å². The first kappa shape index (κ1) is 72.8. The molecular formula is C55H106N10O13. The van der Waals surface area contributed by atoms with Gasteiger partial charge < -0.3 is 61.3 Å². The predicted molar refractivity (Wildman–Crippen MR) is 302 cm³/mol. The van der Waals surface area contributed by atoms with Crippen LogP contribution in [0, 0.1) is 17.8 Å². The molecule has 0 radical (unpaired) electrons. The van der Waals surface area contributed by atoms with E-state index < -0.39 is 83.3 Å². The first-order valence-electron chi connectivity index (χ1n) is 28.1. The minimum atomic E-state index is -1.18. The Morgan fingerprint density at radius 1 is 0.346 bits per heavy atom. The number of carbonyl (C=O) groups is 8. The van der Waals surface area contributed by atoms with Gasteiger partial charge in [0.05, 0.1) is 18.1 Å². The molecule has 0 aliphatic heterocycles. The van der Waals surface area contributed by atoms with Gasteiger partial charge in [-0.2, -0.15) is 0 Å². The Labute approximate surface area is 467 Å². The maximum Gasteiger partial charge on any atom is 0.407 e. The molecule has 7 amide bonds. The number of carbonyl (C=O) groups excluding carboxylic acids is 7. The number of amides is 7. The highest BCUT2D eigenvalue weighted by Gasteiger charge is 2.33. The van der Waals surface area contributed by atoms with E-state index in [1.54, 1.807) is 83.1 Å². The molecule has 0 spiro atoms. The van der Waals surface area contributed by atoms with Gasteiger partial charge in [0.25, 0.3) is 0 Å². The van der Waals surface area contributed by atoms with E-state index in [1.807, 2.05) is 56.2 Å². The highest BCUT2D eigenvalue weighted by atomic mass is 16.6. The fourth-order valence-electron chi connectivity index (χ4n) is 8.45. The monoisotopic (exact) mass is 1110 g/mol. The van der Waals surface area contributed by atoms with Crippen molar-refractivity contribution in [3.8, 4) is 0 Å². The third-order valence-electron chi connectivity index (χ3n) is 11.3. The van der Waals surface area contributed by atoms with Crippen molar-refractivity contribution in [1.82, 2.24) is 51.9 Å². The maximum absolute atomic E-state index is 14.1. The Kier molecular flexibility index (Phi) is 33.8. The van der Waals surface area contributed by atoms with Crippen molar-refractivity contribution < 1.29 is 62.4 Å². The summed E-state index contributed by atoms with van der Waals surface area (Å²) in [6, 6.07) is -1.85. The first-order valence-corrected chi connectivity index (χ1v) is 28.1. The Morgan fingerprint density at radius 2 is 0.538 bits per heavy atom. The molecular weight excluding hydrogens is 1010 g/mol. The zero-order chi connectivity index (χ0) is 60.0. The van der Waals surface area contributed by atoms with E-state index in [-0.39, 0.29) is 42.7 Å². The molecule has 0 rings (SSSR count). The summed E-state index contributed by atoms with van der Waals surface area (Å²) in [6.07, 6.45) is 0.815. The minimum absolute atomic E-state index is 0.123. The van der Waals surface area contributed by atoms with Crippen LogP contribution < -0.4 is 37.2 Å². The van der Waals surface area contributed by atoms with E-state index in [9.17, 15) is 43.5 Å². The maximum atomic E-state index is 14.1. The van der Waals surface area contributed by atoms with Gasteiger partial charge in [0, 0.05) is 78.5 Å². The smallest absolute Gasteiger partial charge is 0.407 e. The van der Waals surface area contributed by atoms with Crippen molar-refractivity contribution in [2.75, 3.05) is 85.1 Å². The Hall–Kier alpha value is -5.16. The molecule has 0 unspecified atom stereocenters. The van der Waals surface area contributed by atoms with Crippen LogP contribution in [0.4, 0.5) is 19.2 Å². The Balaban J connectivity index is 6.26. The second-order valence-corrected chi connectivity index (χ2v) is 24.7. The number of hydrogen-bond donors (Lipinski definition) is 8. The molecule has 0 saturated heterocycles. The second kappa shape index (κ2) is 36.2. The van der Waals surface area contributed by atoms with Crippen molar-refractivity contribution in [2.45, 2.75) is 204 Å². The molecule has 0 saturated carbocycles. The summed E-state index contributed by atoms with van der Waals surface area (Å²) in [6.45, 7) is 36.8. The quantitative estimate of drug-likeness (QED) is 0.0273. The van der Waals surface area contributed by atoms with Crippen molar-refractivity contribution in [1.29, 1.82) is 0 Å². The number of hydrogen-bond acceptors (Lipinski definition) is 15. The summed E-state index contributed by atoms with van der Waals surface area (Å²) in [5.74, 6) is -2.51. The van der Waals surface area contributed by atoms with Crippen LogP contribution >= 0.6 is 0 Å². The summed E-state index contributed by atoms with van der Waals surface area (Å²) in [7, 11) is 0. The lowest BCUT2D eigenvalue weighted by atomic mass is 10.00.